The van der Waals surface area contributed by atoms with Crippen LogP contribution >= 0.6 is 0 Å². The summed E-state index contributed by atoms with van der Waals surface area (Å²) in [6.07, 6.45) is 0. The Morgan fingerprint density at radius 1 is 1.11 bits per heavy atom. The van der Waals surface area contributed by atoms with E-state index < -0.39 is 5.82 Å². The average Bonchev–Trinajstić information content (AvgIpc) is 2.42. The quantitative estimate of drug-likeness (QED) is 0.898. The number of methoxy groups -OCH3 is 1. The molecule has 0 saturated carbocycles. The van der Waals surface area contributed by atoms with Crippen molar-refractivity contribution in [3.05, 3.63) is 59.4 Å². The topological polar surface area (TPSA) is 44.5 Å². The van der Waals surface area contributed by atoms with Crippen LogP contribution in [0.25, 0.3) is 0 Å². The number of hydrogen-bond donors (Lipinski definition) is 1. The van der Waals surface area contributed by atoms with Gasteiger partial charge in [0.2, 0.25) is 0 Å². The van der Waals surface area contributed by atoms with Crippen molar-refractivity contribution in [2.45, 2.75) is 13.2 Å². The molecule has 4 heteroatoms. The first-order valence-corrected chi connectivity index (χ1v) is 5.97. The van der Waals surface area contributed by atoms with Gasteiger partial charge in [-0.25, -0.2) is 4.39 Å². The maximum atomic E-state index is 13.8. The van der Waals surface area contributed by atoms with E-state index in [2.05, 4.69) is 0 Å². The van der Waals surface area contributed by atoms with Crippen molar-refractivity contribution in [1.29, 1.82) is 0 Å². The Morgan fingerprint density at radius 3 is 2.63 bits per heavy atom. The molecule has 0 heterocycles. The van der Waals surface area contributed by atoms with Crippen LogP contribution in [-0.2, 0) is 17.9 Å². The average molecular weight is 261 g/mol. The fourth-order valence-corrected chi connectivity index (χ4v) is 1.75. The molecule has 0 bridgehead atoms. The lowest BCUT2D eigenvalue weighted by atomic mass is 10.2. The van der Waals surface area contributed by atoms with E-state index >= 15 is 0 Å². The number of nitrogens with two attached hydrogens (primary N) is 1. The van der Waals surface area contributed by atoms with Crippen LogP contribution in [0.5, 0.6) is 11.5 Å². The lowest BCUT2D eigenvalue weighted by molar-refractivity contribution is 0.184. The summed E-state index contributed by atoms with van der Waals surface area (Å²) < 4.78 is 24.3. The van der Waals surface area contributed by atoms with Gasteiger partial charge in [0.05, 0.1) is 6.61 Å². The second-order valence-corrected chi connectivity index (χ2v) is 4.15. The van der Waals surface area contributed by atoms with Crippen LogP contribution in [0.1, 0.15) is 11.1 Å². The van der Waals surface area contributed by atoms with Crippen molar-refractivity contribution < 1.29 is 13.9 Å². The Bertz CT molecular complexity index is 558. The highest BCUT2D eigenvalue weighted by Gasteiger charge is 2.06. The number of benzene rings is 2. The largest absolute Gasteiger partial charge is 0.454 e. The van der Waals surface area contributed by atoms with Crippen LogP contribution in [0.15, 0.2) is 42.5 Å². The summed E-state index contributed by atoms with van der Waals surface area (Å²) >= 11 is 0. The van der Waals surface area contributed by atoms with Gasteiger partial charge in [0.1, 0.15) is 5.75 Å². The molecule has 0 saturated heterocycles. The van der Waals surface area contributed by atoms with Gasteiger partial charge >= 0.3 is 0 Å². The van der Waals surface area contributed by atoms with Crippen molar-refractivity contribution in [3.63, 3.8) is 0 Å². The molecule has 0 amide bonds. The molecule has 0 spiro atoms. The molecule has 0 aliphatic carbocycles. The van der Waals surface area contributed by atoms with Crippen LogP contribution in [0.3, 0.4) is 0 Å². The van der Waals surface area contributed by atoms with Gasteiger partial charge in [-0.3, -0.25) is 0 Å². The molecule has 0 aliphatic rings. The summed E-state index contributed by atoms with van der Waals surface area (Å²) in [6.45, 7) is 0.798. The predicted molar refractivity (Wildman–Crippen MR) is 71.5 cm³/mol. The second kappa shape index (κ2) is 6.31. The van der Waals surface area contributed by atoms with Crippen LogP contribution in [0, 0.1) is 5.82 Å². The molecule has 3 nitrogen and oxygen atoms in total. The summed E-state index contributed by atoms with van der Waals surface area (Å²) in [6, 6.07) is 12.1. The number of hydrogen-bond acceptors (Lipinski definition) is 3. The molecule has 19 heavy (non-hydrogen) atoms. The minimum absolute atomic E-state index is 0.187. The normalized spacial score (nSPS) is 10.5. The molecule has 2 rings (SSSR count). The van der Waals surface area contributed by atoms with Crippen molar-refractivity contribution >= 4 is 0 Å². The van der Waals surface area contributed by atoms with E-state index in [1.54, 1.807) is 25.3 Å². The zero-order valence-electron chi connectivity index (χ0n) is 10.7. The molecule has 2 aromatic carbocycles. The van der Waals surface area contributed by atoms with Crippen molar-refractivity contribution in [1.82, 2.24) is 0 Å². The number of ether oxygens (including phenoxy) is 2. The third-order valence-electron chi connectivity index (χ3n) is 2.67. The van der Waals surface area contributed by atoms with Crippen LogP contribution in [-0.4, -0.2) is 7.11 Å². The van der Waals surface area contributed by atoms with E-state index in [-0.39, 0.29) is 5.75 Å². The Morgan fingerprint density at radius 2 is 1.95 bits per heavy atom. The molecule has 0 unspecified atom stereocenters. The number of halogens is 1. The predicted octanol–water partition coefficient (Wildman–Crippen LogP) is 3.22. The van der Waals surface area contributed by atoms with Crippen molar-refractivity contribution in [3.8, 4) is 11.5 Å². The zero-order valence-corrected chi connectivity index (χ0v) is 10.7. The summed E-state index contributed by atoms with van der Waals surface area (Å²) in [5.74, 6) is 0.348. The second-order valence-electron chi connectivity index (χ2n) is 4.15. The SMILES string of the molecule is COCc1cccc(Oc2ccc(CN)cc2F)c1. The Balaban J connectivity index is 2.18. The van der Waals surface area contributed by atoms with E-state index in [4.69, 9.17) is 15.2 Å². The highest BCUT2D eigenvalue weighted by atomic mass is 19.1. The van der Waals surface area contributed by atoms with Crippen LogP contribution in [0.4, 0.5) is 4.39 Å². The molecule has 0 atom stereocenters. The van der Waals surface area contributed by atoms with Crippen molar-refractivity contribution in [2.24, 2.45) is 5.73 Å². The highest BCUT2D eigenvalue weighted by Crippen LogP contribution is 2.25. The fourth-order valence-electron chi connectivity index (χ4n) is 1.75. The van der Waals surface area contributed by atoms with Gasteiger partial charge in [-0.05, 0) is 35.4 Å². The summed E-state index contributed by atoms with van der Waals surface area (Å²) in [7, 11) is 1.62. The molecule has 2 aromatic rings. The first-order chi connectivity index (χ1) is 9.22. The lowest BCUT2D eigenvalue weighted by Crippen LogP contribution is -1.98. The smallest absolute Gasteiger partial charge is 0.166 e. The minimum atomic E-state index is -0.417. The van der Waals surface area contributed by atoms with Crippen LogP contribution < -0.4 is 10.5 Å². The first kappa shape index (κ1) is 13.5. The molecule has 0 aromatic heterocycles. The number of rotatable bonds is 5. The molecule has 0 fully saturated rings. The van der Waals surface area contributed by atoms with Gasteiger partial charge < -0.3 is 15.2 Å². The van der Waals surface area contributed by atoms with E-state index in [1.165, 1.54) is 6.07 Å². The summed E-state index contributed by atoms with van der Waals surface area (Å²) in [4.78, 5) is 0. The maximum absolute atomic E-state index is 13.8. The summed E-state index contributed by atoms with van der Waals surface area (Å²) in [5, 5.41) is 0. The van der Waals surface area contributed by atoms with Gasteiger partial charge in [-0.2, -0.15) is 0 Å². The van der Waals surface area contributed by atoms with E-state index in [1.807, 2.05) is 18.2 Å². The molecular formula is C15H16FNO2. The van der Waals surface area contributed by atoms with E-state index in [0.717, 1.165) is 11.1 Å². The standard InChI is InChI=1S/C15H16FNO2/c1-18-10-12-3-2-4-13(7-12)19-15-6-5-11(9-17)8-14(15)16/h2-8H,9-10,17H2,1H3. The summed E-state index contributed by atoms with van der Waals surface area (Å²) in [5.41, 5.74) is 7.16. The van der Waals surface area contributed by atoms with Crippen molar-refractivity contribution in [2.75, 3.05) is 7.11 Å². The van der Waals surface area contributed by atoms with Crippen LogP contribution in [0.2, 0.25) is 0 Å². The third-order valence-corrected chi connectivity index (χ3v) is 2.67. The Hall–Kier alpha value is -1.91. The van der Waals surface area contributed by atoms with Gasteiger partial charge in [0.25, 0.3) is 0 Å². The third kappa shape index (κ3) is 3.53. The lowest BCUT2D eigenvalue weighted by Gasteiger charge is -2.09. The Labute approximate surface area is 111 Å². The Kier molecular flexibility index (Phi) is 4.49. The molecule has 0 aliphatic heterocycles. The fraction of sp³-hybridized carbons (Fsp3) is 0.200. The van der Waals surface area contributed by atoms with Gasteiger partial charge in [0, 0.05) is 13.7 Å². The molecule has 2 N–H and O–H groups in total. The van der Waals surface area contributed by atoms with Gasteiger partial charge in [0.15, 0.2) is 11.6 Å². The maximum Gasteiger partial charge on any atom is 0.166 e. The van der Waals surface area contributed by atoms with Gasteiger partial charge in [-0.15, -0.1) is 0 Å². The highest BCUT2D eigenvalue weighted by molar-refractivity contribution is 5.36. The van der Waals surface area contributed by atoms with Gasteiger partial charge in [-0.1, -0.05) is 18.2 Å². The molecule has 0 radical (unpaired) electrons. The minimum Gasteiger partial charge on any atom is -0.454 e. The monoisotopic (exact) mass is 261 g/mol. The van der Waals surface area contributed by atoms with E-state index in [0.29, 0.717) is 18.9 Å². The van der Waals surface area contributed by atoms with E-state index in [9.17, 15) is 4.39 Å². The molecular weight excluding hydrogens is 245 g/mol. The zero-order chi connectivity index (χ0) is 13.7. The molecule has 100 valence electrons. The first-order valence-electron chi connectivity index (χ1n) is 5.97.